The lowest BCUT2D eigenvalue weighted by molar-refractivity contribution is -0.721. The summed E-state index contributed by atoms with van der Waals surface area (Å²) < 4.78 is 25.0. The van der Waals surface area contributed by atoms with Crippen molar-refractivity contribution in [3.63, 3.8) is 0 Å². The summed E-state index contributed by atoms with van der Waals surface area (Å²) in [4.78, 5) is 0. The first-order chi connectivity index (χ1) is 12.6. The Hall–Kier alpha value is -3.22. The monoisotopic (exact) mass is 356 g/mol. The molecule has 0 amide bonds. The molecule has 0 bridgehead atoms. The second-order valence-corrected chi connectivity index (χ2v) is 5.58. The quantitative estimate of drug-likeness (QED) is 0.635. The van der Waals surface area contributed by atoms with E-state index in [1.807, 2.05) is 54.3 Å². The minimum Gasteiger partial charge on any atom is -0.497 e. The van der Waals surface area contributed by atoms with Gasteiger partial charge in [-0.1, -0.05) is 0 Å². The predicted octanol–water partition coefficient (Wildman–Crippen LogP) is 2.40. The normalized spacial score (nSPS) is 10.5. The van der Waals surface area contributed by atoms with Gasteiger partial charge in [-0.2, -0.15) is 0 Å². The van der Waals surface area contributed by atoms with Gasteiger partial charge in [0.2, 0.25) is 5.75 Å². The first-order valence-electron chi connectivity index (χ1n) is 8.02. The average molecular weight is 356 g/mol. The minimum atomic E-state index is 0.547. The van der Waals surface area contributed by atoms with Gasteiger partial charge in [0.15, 0.2) is 29.1 Å². The van der Waals surface area contributed by atoms with Crippen LogP contribution in [0, 0.1) is 0 Å². The van der Waals surface area contributed by atoms with Crippen molar-refractivity contribution < 1.29 is 23.6 Å². The van der Waals surface area contributed by atoms with Gasteiger partial charge in [0.1, 0.15) is 12.8 Å². The van der Waals surface area contributed by atoms with E-state index in [9.17, 15) is 0 Å². The first kappa shape index (κ1) is 17.6. The highest BCUT2D eigenvalue weighted by molar-refractivity contribution is 5.60. The van der Waals surface area contributed by atoms with Gasteiger partial charge in [-0.3, -0.25) is 0 Å². The van der Waals surface area contributed by atoms with E-state index in [-0.39, 0.29) is 0 Å². The Morgan fingerprint density at radius 1 is 0.846 bits per heavy atom. The Bertz CT molecular complexity index is 879. The van der Waals surface area contributed by atoms with Crippen LogP contribution in [0.1, 0.15) is 0 Å². The van der Waals surface area contributed by atoms with Crippen molar-refractivity contribution in [3.8, 4) is 39.9 Å². The van der Waals surface area contributed by atoms with E-state index in [4.69, 9.17) is 18.9 Å². The van der Waals surface area contributed by atoms with E-state index in [0.717, 1.165) is 22.7 Å². The lowest BCUT2D eigenvalue weighted by Gasteiger charge is -2.12. The van der Waals surface area contributed by atoms with Crippen LogP contribution in [0.3, 0.4) is 0 Å². The van der Waals surface area contributed by atoms with Crippen molar-refractivity contribution in [1.29, 1.82) is 0 Å². The van der Waals surface area contributed by atoms with Gasteiger partial charge >= 0.3 is 0 Å². The van der Waals surface area contributed by atoms with E-state index in [1.54, 1.807) is 33.1 Å². The van der Waals surface area contributed by atoms with Gasteiger partial charge in [0.05, 0.1) is 33.7 Å². The molecule has 7 nitrogen and oxygen atoms in total. The smallest absolute Gasteiger partial charge is 0.203 e. The molecule has 0 fully saturated rings. The van der Waals surface area contributed by atoms with E-state index >= 15 is 0 Å². The maximum absolute atomic E-state index is 5.42. The number of ether oxygens (including phenoxy) is 4. The van der Waals surface area contributed by atoms with E-state index < -0.39 is 0 Å². The molecule has 26 heavy (non-hydrogen) atoms. The summed E-state index contributed by atoms with van der Waals surface area (Å²) in [6.07, 6.45) is 1.95. The summed E-state index contributed by atoms with van der Waals surface area (Å²) in [5.74, 6) is 2.51. The standard InChI is InChI=1S/C19H22N3O4/c1-21-16(13-6-8-15(23-2)9-7-13)12-22(20-21)14-10-17(24-3)19(26-5)18(11-14)25-4/h6-12H,1-5H3/q+1. The van der Waals surface area contributed by atoms with Crippen LogP contribution in [0.15, 0.2) is 42.6 Å². The number of hydrogen-bond acceptors (Lipinski definition) is 5. The SMILES string of the molecule is COc1ccc(-c2cn(-c3cc(OC)c(OC)c(OC)c3)n[n+]2C)cc1. The molecule has 136 valence electrons. The predicted molar refractivity (Wildman–Crippen MR) is 96.4 cm³/mol. The lowest BCUT2D eigenvalue weighted by atomic mass is 10.1. The second kappa shape index (κ2) is 7.35. The van der Waals surface area contributed by atoms with Crippen LogP contribution >= 0.6 is 0 Å². The van der Waals surface area contributed by atoms with Gasteiger partial charge in [-0.25, -0.2) is 0 Å². The summed E-state index contributed by atoms with van der Waals surface area (Å²) in [5.41, 5.74) is 2.79. The Labute approximate surface area is 152 Å². The van der Waals surface area contributed by atoms with Crippen LogP contribution in [-0.2, 0) is 7.05 Å². The molecule has 0 aliphatic heterocycles. The van der Waals surface area contributed by atoms with E-state index in [1.165, 1.54) is 0 Å². The van der Waals surface area contributed by atoms with Crippen molar-refractivity contribution in [2.24, 2.45) is 7.05 Å². The van der Waals surface area contributed by atoms with Gasteiger partial charge in [-0.05, 0) is 24.3 Å². The summed E-state index contributed by atoms with van der Waals surface area (Å²) in [7, 11) is 8.31. The maximum atomic E-state index is 5.42. The topological polar surface area (TPSA) is 58.6 Å². The van der Waals surface area contributed by atoms with E-state index in [2.05, 4.69) is 5.21 Å². The Balaban J connectivity index is 2.05. The largest absolute Gasteiger partial charge is 0.497 e. The molecule has 1 aromatic heterocycles. The van der Waals surface area contributed by atoms with Crippen LogP contribution in [0.5, 0.6) is 23.0 Å². The fourth-order valence-electron chi connectivity index (χ4n) is 2.77. The molecule has 0 spiro atoms. The van der Waals surface area contributed by atoms with E-state index in [0.29, 0.717) is 17.2 Å². The second-order valence-electron chi connectivity index (χ2n) is 5.58. The maximum Gasteiger partial charge on any atom is 0.203 e. The summed E-state index contributed by atoms with van der Waals surface area (Å²) in [5, 5.41) is 4.56. The Morgan fingerprint density at radius 2 is 1.46 bits per heavy atom. The molecule has 0 unspecified atom stereocenters. The highest BCUT2D eigenvalue weighted by Crippen LogP contribution is 2.39. The fraction of sp³-hybridized carbons (Fsp3) is 0.263. The van der Waals surface area contributed by atoms with Crippen LogP contribution in [0.2, 0.25) is 0 Å². The number of rotatable bonds is 6. The zero-order valence-electron chi connectivity index (χ0n) is 15.5. The van der Waals surface area contributed by atoms with Crippen LogP contribution in [-0.4, -0.2) is 38.3 Å². The molecule has 3 aromatic rings. The molecular weight excluding hydrogens is 334 g/mol. The van der Waals surface area contributed by atoms with Gasteiger partial charge in [0, 0.05) is 17.7 Å². The number of aryl methyl sites for hydroxylation is 1. The molecule has 3 rings (SSSR count). The molecule has 0 saturated heterocycles. The molecule has 2 aromatic carbocycles. The first-order valence-corrected chi connectivity index (χ1v) is 8.02. The number of aromatic nitrogens is 3. The van der Waals surface area contributed by atoms with Crippen molar-refractivity contribution >= 4 is 0 Å². The number of benzene rings is 2. The molecule has 7 heteroatoms. The molecule has 0 atom stereocenters. The third-order valence-corrected chi connectivity index (χ3v) is 4.12. The molecule has 0 radical (unpaired) electrons. The zero-order valence-corrected chi connectivity index (χ0v) is 15.5. The van der Waals surface area contributed by atoms with Crippen molar-refractivity contribution in [1.82, 2.24) is 9.90 Å². The summed E-state index contributed by atoms with van der Waals surface area (Å²) in [6.45, 7) is 0. The molecule has 1 heterocycles. The van der Waals surface area contributed by atoms with Crippen molar-refractivity contribution in [2.45, 2.75) is 0 Å². The van der Waals surface area contributed by atoms with Crippen LogP contribution < -0.4 is 23.6 Å². The van der Waals surface area contributed by atoms with Crippen LogP contribution in [0.4, 0.5) is 0 Å². The Kier molecular flexibility index (Phi) is 4.97. The molecule has 0 aliphatic carbocycles. The number of nitrogens with zero attached hydrogens (tertiary/aromatic N) is 3. The third kappa shape index (κ3) is 3.15. The fourth-order valence-corrected chi connectivity index (χ4v) is 2.77. The van der Waals surface area contributed by atoms with Gasteiger partial charge in [-0.15, -0.1) is 9.36 Å². The van der Waals surface area contributed by atoms with Crippen molar-refractivity contribution in [3.05, 3.63) is 42.6 Å². The number of hydrogen-bond donors (Lipinski definition) is 0. The van der Waals surface area contributed by atoms with Gasteiger partial charge < -0.3 is 18.9 Å². The highest BCUT2D eigenvalue weighted by atomic mass is 16.5. The zero-order chi connectivity index (χ0) is 18.7. The molecular formula is C19H22N3O4+. The lowest BCUT2D eigenvalue weighted by Crippen LogP contribution is -2.33. The summed E-state index contributed by atoms with van der Waals surface area (Å²) in [6, 6.07) is 11.5. The van der Waals surface area contributed by atoms with Gasteiger partial charge in [0.25, 0.3) is 0 Å². The molecule has 0 saturated carbocycles. The highest BCUT2D eigenvalue weighted by Gasteiger charge is 2.21. The molecule has 0 N–H and O–H groups in total. The van der Waals surface area contributed by atoms with Crippen molar-refractivity contribution in [2.75, 3.05) is 28.4 Å². The van der Waals surface area contributed by atoms with Crippen LogP contribution in [0.25, 0.3) is 16.9 Å². The summed E-state index contributed by atoms with van der Waals surface area (Å²) >= 11 is 0. The number of methoxy groups -OCH3 is 4. The molecule has 0 aliphatic rings. The minimum absolute atomic E-state index is 0.547. The Morgan fingerprint density at radius 3 is 1.96 bits per heavy atom. The third-order valence-electron chi connectivity index (χ3n) is 4.12. The average Bonchev–Trinajstić information content (AvgIpc) is 3.08.